The van der Waals surface area contributed by atoms with Crippen molar-refractivity contribution in [3.05, 3.63) is 18.0 Å². The molecule has 7 nitrogen and oxygen atoms in total. The highest BCUT2D eigenvalue weighted by Crippen LogP contribution is 2.20. The Morgan fingerprint density at radius 3 is 3.05 bits per heavy atom. The number of hydrogen-bond acceptors (Lipinski definition) is 4. The van der Waals surface area contributed by atoms with Crippen LogP contribution in [-0.4, -0.2) is 53.3 Å². The second-order valence-electron chi connectivity index (χ2n) is 5.18. The third kappa shape index (κ3) is 3.81. The lowest BCUT2D eigenvalue weighted by Gasteiger charge is -2.34. The third-order valence-corrected chi connectivity index (χ3v) is 3.51. The average molecular weight is 294 g/mol. The Labute approximate surface area is 124 Å². The van der Waals surface area contributed by atoms with E-state index in [0.717, 1.165) is 12.1 Å². The molecule has 0 saturated heterocycles. The zero-order valence-corrected chi connectivity index (χ0v) is 12.5. The van der Waals surface area contributed by atoms with E-state index >= 15 is 0 Å². The van der Waals surface area contributed by atoms with Crippen LogP contribution >= 0.6 is 0 Å². The molecule has 0 bridgehead atoms. The van der Waals surface area contributed by atoms with Crippen molar-refractivity contribution in [3.8, 4) is 0 Å². The molecule has 1 aromatic heterocycles. The summed E-state index contributed by atoms with van der Waals surface area (Å²) in [5, 5.41) is 7.11. The van der Waals surface area contributed by atoms with Gasteiger partial charge in [-0.15, -0.1) is 0 Å². The Bertz CT molecular complexity index is 500. The van der Waals surface area contributed by atoms with Gasteiger partial charge < -0.3 is 15.0 Å². The minimum Gasteiger partial charge on any atom is -0.375 e. The summed E-state index contributed by atoms with van der Waals surface area (Å²) in [6.07, 6.45) is 3.12. The molecule has 0 saturated carbocycles. The molecule has 1 aliphatic heterocycles. The molecule has 2 rings (SSSR count). The Morgan fingerprint density at radius 2 is 2.33 bits per heavy atom. The number of amides is 2. The zero-order chi connectivity index (χ0) is 15.2. The van der Waals surface area contributed by atoms with E-state index in [-0.39, 0.29) is 24.5 Å². The number of carbonyl (C=O) groups excluding carboxylic acids is 2. The standard InChI is InChI=1S/C14H22N4O3/c1-3-4-14(20)17-8-11-5-6-16-18(11)12(9-17)7-15-13(19)10-21-2/h5-6,12H,3-4,7-10H2,1-2H3,(H,15,19). The van der Waals surface area contributed by atoms with Gasteiger partial charge in [0.25, 0.3) is 0 Å². The topological polar surface area (TPSA) is 76.5 Å². The van der Waals surface area contributed by atoms with Crippen molar-refractivity contribution in [1.29, 1.82) is 0 Å². The first-order chi connectivity index (χ1) is 10.2. The number of rotatable bonds is 6. The minimum atomic E-state index is -0.164. The van der Waals surface area contributed by atoms with Gasteiger partial charge in [0.1, 0.15) is 6.61 Å². The number of methoxy groups -OCH3 is 1. The van der Waals surface area contributed by atoms with Crippen molar-refractivity contribution >= 4 is 11.8 Å². The molecule has 0 aromatic carbocycles. The van der Waals surface area contributed by atoms with E-state index in [1.165, 1.54) is 7.11 Å². The van der Waals surface area contributed by atoms with E-state index in [0.29, 0.717) is 26.1 Å². The molecule has 1 N–H and O–H groups in total. The van der Waals surface area contributed by atoms with Crippen LogP contribution < -0.4 is 5.32 Å². The summed E-state index contributed by atoms with van der Waals surface area (Å²) in [5.74, 6) is -0.0126. The van der Waals surface area contributed by atoms with E-state index in [4.69, 9.17) is 4.74 Å². The van der Waals surface area contributed by atoms with Gasteiger partial charge in [-0.2, -0.15) is 5.10 Å². The number of ether oxygens (including phenoxy) is 1. The van der Waals surface area contributed by atoms with Gasteiger partial charge in [-0.1, -0.05) is 6.92 Å². The highest BCUT2D eigenvalue weighted by Gasteiger charge is 2.28. The first kappa shape index (κ1) is 15.5. The van der Waals surface area contributed by atoms with Crippen LogP contribution in [0.1, 0.15) is 31.5 Å². The summed E-state index contributed by atoms with van der Waals surface area (Å²) in [6.45, 7) is 3.63. The second-order valence-corrected chi connectivity index (χ2v) is 5.18. The molecule has 7 heteroatoms. The smallest absolute Gasteiger partial charge is 0.246 e. The lowest BCUT2D eigenvalue weighted by molar-refractivity contribution is -0.133. The molecule has 2 heterocycles. The molecule has 0 spiro atoms. The Kier molecular flexibility index (Phi) is 5.32. The summed E-state index contributed by atoms with van der Waals surface area (Å²) >= 11 is 0. The van der Waals surface area contributed by atoms with Crippen LogP contribution in [0.5, 0.6) is 0 Å². The maximum Gasteiger partial charge on any atom is 0.246 e. The van der Waals surface area contributed by atoms with Gasteiger partial charge >= 0.3 is 0 Å². The van der Waals surface area contributed by atoms with E-state index in [9.17, 15) is 9.59 Å². The summed E-state index contributed by atoms with van der Waals surface area (Å²) in [4.78, 5) is 25.5. The van der Waals surface area contributed by atoms with Crippen molar-refractivity contribution in [2.45, 2.75) is 32.4 Å². The number of hydrogen-bond donors (Lipinski definition) is 1. The molecule has 1 unspecified atom stereocenters. The fourth-order valence-corrected chi connectivity index (χ4v) is 2.51. The van der Waals surface area contributed by atoms with Crippen LogP contribution in [0.15, 0.2) is 12.3 Å². The van der Waals surface area contributed by atoms with Gasteiger partial charge in [-0.3, -0.25) is 14.3 Å². The molecule has 116 valence electrons. The summed E-state index contributed by atoms with van der Waals surface area (Å²) in [7, 11) is 1.48. The molecule has 0 fully saturated rings. The van der Waals surface area contributed by atoms with Crippen LogP contribution in [0.3, 0.4) is 0 Å². The lowest BCUT2D eigenvalue weighted by atomic mass is 10.1. The summed E-state index contributed by atoms with van der Waals surface area (Å²) in [5.41, 5.74) is 0.997. The van der Waals surface area contributed by atoms with Crippen LogP contribution in [0, 0.1) is 0 Å². The van der Waals surface area contributed by atoms with E-state index in [1.807, 2.05) is 22.6 Å². The van der Waals surface area contributed by atoms with Gasteiger partial charge in [-0.05, 0) is 12.5 Å². The Balaban J connectivity index is 2.02. The third-order valence-electron chi connectivity index (χ3n) is 3.51. The van der Waals surface area contributed by atoms with Crippen molar-refractivity contribution in [2.75, 3.05) is 26.8 Å². The number of aromatic nitrogens is 2. The first-order valence-electron chi connectivity index (χ1n) is 7.21. The van der Waals surface area contributed by atoms with Crippen LogP contribution in [0.4, 0.5) is 0 Å². The molecular formula is C14H22N4O3. The monoisotopic (exact) mass is 294 g/mol. The molecule has 1 aromatic rings. The molecule has 21 heavy (non-hydrogen) atoms. The minimum absolute atomic E-state index is 0.0367. The molecule has 1 aliphatic rings. The molecular weight excluding hydrogens is 272 g/mol. The predicted molar refractivity (Wildman–Crippen MR) is 76.5 cm³/mol. The largest absolute Gasteiger partial charge is 0.375 e. The molecule has 0 aliphatic carbocycles. The highest BCUT2D eigenvalue weighted by atomic mass is 16.5. The fourth-order valence-electron chi connectivity index (χ4n) is 2.51. The van der Waals surface area contributed by atoms with Gasteiger partial charge in [0, 0.05) is 32.8 Å². The van der Waals surface area contributed by atoms with E-state index in [1.54, 1.807) is 6.20 Å². The fraction of sp³-hybridized carbons (Fsp3) is 0.643. The number of fused-ring (bicyclic) bond motifs is 1. The van der Waals surface area contributed by atoms with Gasteiger partial charge in [-0.25, -0.2) is 0 Å². The average Bonchev–Trinajstić information content (AvgIpc) is 2.93. The second kappa shape index (κ2) is 7.21. The Hall–Kier alpha value is -1.89. The maximum atomic E-state index is 12.1. The van der Waals surface area contributed by atoms with Crippen LogP contribution in [-0.2, 0) is 20.9 Å². The quantitative estimate of drug-likeness (QED) is 0.820. The van der Waals surface area contributed by atoms with Gasteiger partial charge in [0.05, 0.1) is 18.3 Å². The molecule has 1 atom stereocenters. The van der Waals surface area contributed by atoms with E-state index in [2.05, 4.69) is 10.4 Å². The normalized spacial score (nSPS) is 17.4. The van der Waals surface area contributed by atoms with E-state index < -0.39 is 0 Å². The van der Waals surface area contributed by atoms with Crippen LogP contribution in [0.25, 0.3) is 0 Å². The highest BCUT2D eigenvalue weighted by molar-refractivity contribution is 5.77. The van der Waals surface area contributed by atoms with Crippen molar-refractivity contribution < 1.29 is 14.3 Å². The predicted octanol–water partition coefficient (Wildman–Crippen LogP) is 0.329. The zero-order valence-electron chi connectivity index (χ0n) is 12.5. The number of nitrogens with one attached hydrogen (secondary N) is 1. The summed E-state index contributed by atoms with van der Waals surface area (Å²) in [6, 6.07) is 1.88. The van der Waals surface area contributed by atoms with Gasteiger partial charge in [0.15, 0.2) is 0 Å². The van der Waals surface area contributed by atoms with Crippen molar-refractivity contribution in [2.24, 2.45) is 0 Å². The molecule has 2 amide bonds. The first-order valence-corrected chi connectivity index (χ1v) is 7.21. The summed E-state index contributed by atoms with van der Waals surface area (Å²) < 4.78 is 6.68. The van der Waals surface area contributed by atoms with Gasteiger partial charge in [0.2, 0.25) is 11.8 Å². The number of nitrogens with zero attached hydrogens (tertiary/aromatic N) is 3. The maximum absolute atomic E-state index is 12.1. The lowest BCUT2D eigenvalue weighted by Crippen LogP contribution is -2.45. The van der Waals surface area contributed by atoms with Crippen molar-refractivity contribution in [1.82, 2.24) is 20.0 Å². The Morgan fingerprint density at radius 1 is 1.52 bits per heavy atom. The van der Waals surface area contributed by atoms with Crippen molar-refractivity contribution in [3.63, 3.8) is 0 Å². The SMILES string of the molecule is CCCC(=O)N1Cc2ccnn2C(CNC(=O)COC)C1. The molecule has 0 radical (unpaired) electrons. The number of carbonyl (C=O) groups is 2. The van der Waals surface area contributed by atoms with Crippen LogP contribution in [0.2, 0.25) is 0 Å².